The van der Waals surface area contributed by atoms with Gasteiger partial charge in [0, 0.05) is 33.8 Å². The van der Waals surface area contributed by atoms with E-state index < -0.39 is 0 Å². The smallest absolute Gasteiger partial charge is 0.177 e. The standard InChI is InChI=1S/C15H23NO2S/c1-10-7-12(11(2)19-10)13(17)8-16-6-5-14(18)15(3,4)9-16/h7,14,18H,5-6,8-9H2,1-4H3. The van der Waals surface area contributed by atoms with Gasteiger partial charge in [-0.2, -0.15) is 0 Å². The molecule has 1 N–H and O–H groups in total. The highest BCUT2D eigenvalue weighted by Crippen LogP contribution is 2.29. The highest BCUT2D eigenvalue weighted by atomic mass is 32.1. The first kappa shape index (κ1) is 14.7. The van der Waals surface area contributed by atoms with Crippen molar-refractivity contribution in [2.24, 2.45) is 5.41 Å². The lowest BCUT2D eigenvalue weighted by Gasteiger charge is -2.41. The van der Waals surface area contributed by atoms with Crippen LogP contribution in [0.15, 0.2) is 6.07 Å². The molecule has 3 nitrogen and oxygen atoms in total. The molecule has 0 saturated carbocycles. The van der Waals surface area contributed by atoms with Crippen LogP contribution in [0.1, 0.15) is 40.4 Å². The van der Waals surface area contributed by atoms with Gasteiger partial charge in [-0.3, -0.25) is 9.69 Å². The second kappa shape index (κ2) is 5.35. The lowest BCUT2D eigenvalue weighted by atomic mass is 9.81. The van der Waals surface area contributed by atoms with Gasteiger partial charge in [0.1, 0.15) is 0 Å². The van der Waals surface area contributed by atoms with E-state index in [-0.39, 0.29) is 17.3 Å². The molecule has 0 amide bonds. The minimum Gasteiger partial charge on any atom is -0.392 e. The highest BCUT2D eigenvalue weighted by molar-refractivity contribution is 7.12. The summed E-state index contributed by atoms with van der Waals surface area (Å²) in [5.41, 5.74) is 0.740. The number of carbonyl (C=O) groups is 1. The largest absolute Gasteiger partial charge is 0.392 e. The molecule has 4 heteroatoms. The first-order valence-electron chi connectivity index (χ1n) is 6.80. The maximum Gasteiger partial charge on any atom is 0.177 e. The summed E-state index contributed by atoms with van der Waals surface area (Å²) in [7, 11) is 0. The Balaban J connectivity index is 2.02. The van der Waals surface area contributed by atoms with Gasteiger partial charge in [-0.05, 0) is 26.3 Å². The van der Waals surface area contributed by atoms with Crippen molar-refractivity contribution in [2.45, 2.75) is 40.2 Å². The molecule has 1 saturated heterocycles. The Morgan fingerprint density at radius 2 is 2.21 bits per heavy atom. The van der Waals surface area contributed by atoms with Crippen LogP contribution in [0.2, 0.25) is 0 Å². The highest BCUT2D eigenvalue weighted by Gasteiger charge is 2.35. The summed E-state index contributed by atoms with van der Waals surface area (Å²) in [5.74, 6) is 0.203. The van der Waals surface area contributed by atoms with Crippen LogP contribution in [0.25, 0.3) is 0 Å². The molecule has 0 aromatic carbocycles. The van der Waals surface area contributed by atoms with Crippen molar-refractivity contribution in [1.29, 1.82) is 0 Å². The fourth-order valence-corrected chi connectivity index (χ4v) is 3.73. The summed E-state index contributed by atoms with van der Waals surface area (Å²) in [4.78, 5) is 16.8. The third kappa shape index (κ3) is 3.25. The quantitative estimate of drug-likeness (QED) is 0.866. The lowest BCUT2D eigenvalue weighted by molar-refractivity contribution is -0.0223. The van der Waals surface area contributed by atoms with Crippen molar-refractivity contribution in [2.75, 3.05) is 19.6 Å². The number of hydrogen-bond donors (Lipinski definition) is 1. The van der Waals surface area contributed by atoms with Gasteiger partial charge in [0.15, 0.2) is 5.78 Å². The van der Waals surface area contributed by atoms with E-state index in [0.717, 1.165) is 30.0 Å². The van der Waals surface area contributed by atoms with Crippen molar-refractivity contribution >= 4 is 17.1 Å². The van der Waals surface area contributed by atoms with Crippen molar-refractivity contribution in [3.05, 3.63) is 21.4 Å². The Morgan fingerprint density at radius 1 is 1.53 bits per heavy atom. The Kier molecular flexibility index (Phi) is 4.14. The van der Waals surface area contributed by atoms with Crippen LogP contribution in [-0.2, 0) is 0 Å². The Bertz CT molecular complexity index is 478. The normalized spacial score (nSPS) is 23.5. The van der Waals surface area contributed by atoms with E-state index in [1.54, 1.807) is 11.3 Å². The summed E-state index contributed by atoms with van der Waals surface area (Å²) in [6, 6.07) is 1.99. The number of Topliss-reactive ketones (excluding diaryl/α,β-unsaturated/α-hetero) is 1. The van der Waals surface area contributed by atoms with E-state index >= 15 is 0 Å². The molecule has 1 atom stereocenters. The molecule has 2 rings (SSSR count). The molecule has 0 spiro atoms. The van der Waals surface area contributed by atoms with Gasteiger partial charge in [-0.1, -0.05) is 13.8 Å². The van der Waals surface area contributed by atoms with E-state index in [1.807, 2.05) is 19.9 Å². The Labute approximate surface area is 119 Å². The van der Waals surface area contributed by atoms with Crippen LogP contribution in [0.3, 0.4) is 0 Å². The first-order chi connectivity index (χ1) is 8.79. The summed E-state index contributed by atoms with van der Waals surface area (Å²) in [5, 5.41) is 9.94. The minimum absolute atomic E-state index is 0.127. The van der Waals surface area contributed by atoms with Gasteiger partial charge < -0.3 is 5.11 Å². The third-order valence-electron chi connectivity index (χ3n) is 3.96. The Morgan fingerprint density at radius 3 is 2.74 bits per heavy atom. The molecular formula is C15H23NO2S. The van der Waals surface area contributed by atoms with Gasteiger partial charge in [0.05, 0.1) is 12.6 Å². The molecule has 1 aliphatic heterocycles. The molecular weight excluding hydrogens is 258 g/mol. The zero-order valence-corrected chi connectivity index (χ0v) is 13.0. The molecule has 1 aliphatic rings. The molecule has 1 aromatic heterocycles. The molecule has 0 bridgehead atoms. The SMILES string of the molecule is Cc1cc(C(=O)CN2CCC(O)C(C)(C)C2)c(C)s1. The van der Waals surface area contributed by atoms with Gasteiger partial charge in [-0.25, -0.2) is 0 Å². The number of piperidine rings is 1. The predicted octanol–water partition coefficient (Wildman–Crippen LogP) is 2.64. The summed E-state index contributed by atoms with van der Waals surface area (Å²) in [6.07, 6.45) is 0.492. The second-order valence-corrected chi connectivity index (χ2v) is 7.71. The van der Waals surface area contributed by atoms with Crippen molar-refractivity contribution < 1.29 is 9.90 Å². The average molecular weight is 281 g/mol. The zero-order chi connectivity index (χ0) is 14.2. The first-order valence-corrected chi connectivity index (χ1v) is 7.62. The number of likely N-dealkylation sites (tertiary alicyclic amines) is 1. The summed E-state index contributed by atoms with van der Waals surface area (Å²) < 4.78 is 0. The van der Waals surface area contributed by atoms with Crippen LogP contribution in [-0.4, -0.2) is 41.5 Å². The molecule has 106 valence electrons. The van der Waals surface area contributed by atoms with E-state index in [4.69, 9.17) is 0 Å². The number of carbonyl (C=O) groups excluding carboxylic acids is 1. The van der Waals surface area contributed by atoms with E-state index in [2.05, 4.69) is 18.7 Å². The monoisotopic (exact) mass is 281 g/mol. The number of thiophene rings is 1. The topological polar surface area (TPSA) is 40.5 Å². The van der Waals surface area contributed by atoms with Gasteiger partial charge in [0.25, 0.3) is 0 Å². The lowest BCUT2D eigenvalue weighted by Crippen LogP contribution is -2.49. The van der Waals surface area contributed by atoms with Crippen LogP contribution in [0, 0.1) is 19.3 Å². The average Bonchev–Trinajstić information content (AvgIpc) is 2.63. The van der Waals surface area contributed by atoms with E-state index in [1.165, 1.54) is 4.88 Å². The van der Waals surface area contributed by atoms with Crippen molar-refractivity contribution in [3.8, 4) is 0 Å². The van der Waals surface area contributed by atoms with E-state index in [9.17, 15) is 9.90 Å². The molecule has 0 radical (unpaired) electrons. The van der Waals surface area contributed by atoms with Gasteiger partial charge in [0.2, 0.25) is 0 Å². The number of ketones is 1. The molecule has 2 heterocycles. The molecule has 1 aromatic rings. The third-order valence-corrected chi connectivity index (χ3v) is 4.93. The molecule has 19 heavy (non-hydrogen) atoms. The van der Waals surface area contributed by atoms with Crippen LogP contribution >= 0.6 is 11.3 Å². The van der Waals surface area contributed by atoms with Crippen molar-refractivity contribution in [3.63, 3.8) is 0 Å². The molecule has 1 fully saturated rings. The van der Waals surface area contributed by atoms with Gasteiger partial charge in [-0.15, -0.1) is 11.3 Å². The fraction of sp³-hybridized carbons (Fsp3) is 0.667. The number of hydrogen-bond acceptors (Lipinski definition) is 4. The van der Waals surface area contributed by atoms with Crippen molar-refractivity contribution in [1.82, 2.24) is 4.90 Å². The predicted molar refractivity (Wildman–Crippen MR) is 79.0 cm³/mol. The molecule has 1 unspecified atom stereocenters. The zero-order valence-electron chi connectivity index (χ0n) is 12.2. The van der Waals surface area contributed by atoms with Crippen LogP contribution < -0.4 is 0 Å². The number of aliphatic hydroxyl groups is 1. The maximum atomic E-state index is 12.3. The van der Waals surface area contributed by atoms with E-state index in [0.29, 0.717) is 6.54 Å². The number of rotatable bonds is 3. The van der Waals surface area contributed by atoms with Crippen LogP contribution in [0.5, 0.6) is 0 Å². The molecule has 0 aliphatic carbocycles. The number of aliphatic hydroxyl groups excluding tert-OH is 1. The maximum absolute atomic E-state index is 12.3. The summed E-state index contributed by atoms with van der Waals surface area (Å²) >= 11 is 1.68. The minimum atomic E-state index is -0.260. The summed E-state index contributed by atoms with van der Waals surface area (Å²) in [6.45, 7) is 10.2. The number of nitrogens with zero attached hydrogens (tertiary/aromatic N) is 1. The second-order valence-electron chi connectivity index (χ2n) is 6.25. The van der Waals surface area contributed by atoms with Gasteiger partial charge >= 0.3 is 0 Å². The van der Waals surface area contributed by atoms with Crippen LogP contribution in [0.4, 0.5) is 0 Å². The fourth-order valence-electron chi connectivity index (χ4n) is 2.79. The number of aryl methyl sites for hydroxylation is 2. The Hall–Kier alpha value is -0.710.